The van der Waals surface area contributed by atoms with Gasteiger partial charge in [0.1, 0.15) is 0 Å². The van der Waals surface area contributed by atoms with Crippen LogP contribution < -0.4 is 0 Å². The van der Waals surface area contributed by atoms with Crippen LogP contribution in [0.5, 0.6) is 0 Å². The first-order valence-electron chi connectivity index (χ1n) is 4.81. The number of nitrogens with zero attached hydrogens (tertiary/aromatic N) is 2. The molecule has 1 atom stereocenters. The molecule has 3 heteroatoms. The van der Waals surface area contributed by atoms with Crippen molar-refractivity contribution in [1.29, 1.82) is 0 Å². The maximum Gasteiger partial charge on any atom is 0.0446 e. The van der Waals surface area contributed by atoms with Gasteiger partial charge in [-0.1, -0.05) is 6.92 Å². The number of aliphatic hydroxyl groups is 1. The number of piperazine rings is 1. The van der Waals surface area contributed by atoms with Crippen molar-refractivity contribution in [2.75, 3.05) is 39.8 Å². The Morgan fingerprint density at radius 3 is 2.75 bits per heavy atom. The zero-order chi connectivity index (χ0) is 8.97. The van der Waals surface area contributed by atoms with Gasteiger partial charge in [0.15, 0.2) is 0 Å². The Balaban J connectivity index is 2.36. The molecule has 1 aliphatic rings. The minimum atomic E-state index is 0.312. The summed E-state index contributed by atoms with van der Waals surface area (Å²) in [5.74, 6) is 0. The van der Waals surface area contributed by atoms with E-state index in [1.165, 1.54) is 6.54 Å². The Labute approximate surface area is 75.0 Å². The lowest BCUT2D eigenvalue weighted by Crippen LogP contribution is -2.51. The van der Waals surface area contributed by atoms with Crippen molar-refractivity contribution in [3.05, 3.63) is 0 Å². The summed E-state index contributed by atoms with van der Waals surface area (Å²) >= 11 is 0. The molecular weight excluding hydrogens is 152 g/mol. The average molecular weight is 172 g/mol. The van der Waals surface area contributed by atoms with Crippen LogP contribution in [0.15, 0.2) is 0 Å². The van der Waals surface area contributed by atoms with Gasteiger partial charge in [0, 0.05) is 32.3 Å². The summed E-state index contributed by atoms with van der Waals surface area (Å²) in [6.07, 6.45) is 0.910. The fraction of sp³-hybridized carbons (Fsp3) is 1.00. The first-order chi connectivity index (χ1) is 5.77. The van der Waals surface area contributed by atoms with Crippen molar-refractivity contribution in [3.8, 4) is 0 Å². The number of hydrogen-bond donors (Lipinski definition) is 1. The largest absolute Gasteiger partial charge is 0.396 e. The Kier molecular flexibility index (Phi) is 3.98. The van der Waals surface area contributed by atoms with Crippen molar-refractivity contribution >= 4 is 0 Å². The summed E-state index contributed by atoms with van der Waals surface area (Å²) in [6.45, 7) is 7.07. The van der Waals surface area contributed by atoms with Crippen molar-refractivity contribution in [3.63, 3.8) is 0 Å². The maximum atomic E-state index is 8.85. The quantitative estimate of drug-likeness (QED) is 0.649. The molecule has 1 fully saturated rings. The summed E-state index contributed by atoms with van der Waals surface area (Å²) in [6, 6.07) is 0.559. The highest BCUT2D eigenvalue weighted by molar-refractivity contribution is 4.78. The van der Waals surface area contributed by atoms with Crippen LogP contribution in [-0.4, -0.2) is 60.8 Å². The summed E-state index contributed by atoms with van der Waals surface area (Å²) < 4.78 is 0. The van der Waals surface area contributed by atoms with Crippen LogP contribution in [0, 0.1) is 0 Å². The summed E-state index contributed by atoms with van der Waals surface area (Å²) in [7, 11) is 2.15. The second-order valence-electron chi connectivity index (χ2n) is 3.54. The molecule has 3 nitrogen and oxygen atoms in total. The van der Waals surface area contributed by atoms with Gasteiger partial charge in [0.2, 0.25) is 0 Å². The van der Waals surface area contributed by atoms with E-state index >= 15 is 0 Å². The van der Waals surface area contributed by atoms with Crippen molar-refractivity contribution in [2.45, 2.75) is 19.4 Å². The molecule has 1 heterocycles. The van der Waals surface area contributed by atoms with Crippen LogP contribution in [-0.2, 0) is 0 Å². The van der Waals surface area contributed by atoms with Gasteiger partial charge >= 0.3 is 0 Å². The first kappa shape index (κ1) is 9.96. The smallest absolute Gasteiger partial charge is 0.0446 e. The van der Waals surface area contributed by atoms with Gasteiger partial charge in [0.25, 0.3) is 0 Å². The molecule has 0 bridgehead atoms. The van der Waals surface area contributed by atoms with Gasteiger partial charge in [0.05, 0.1) is 0 Å². The van der Waals surface area contributed by atoms with Crippen LogP contribution in [0.3, 0.4) is 0 Å². The molecule has 0 aromatic heterocycles. The van der Waals surface area contributed by atoms with Gasteiger partial charge in [-0.25, -0.2) is 0 Å². The molecular formula is C9H20N2O. The molecule has 1 unspecified atom stereocenters. The molecule has 1 N–H and O–H groups in total. The first-order valence-corrected chi connectivity index (χ1v) is 4.81. The zero-order valence-electron chi connectivity index (χ0n) is 8.16. The molecule has 0 saturated carbocycles. The molecule has 1 saturated heterocycles. The van der Waals surface area contributed by atoms with Crippen LogP contribution in [0.4, 0.5) is 0 Å². The zero-order valence-corrected chi connectivity index (χ0v) is 8.16. The van der Waals surface area contributed by atoms with E-state index in [4.69, 9.17) is 5.11 Å². The lowest BCUT2D eigenvalue weighted by atomic mass is 10.1. The highest BCUT2D eigenvalue weighted by atomic mass is 16.3. The highest BCUT2D eigenvalue weighted by Crippen LogP contribution is 2.09. The maximum absolute atomic E-state index is 8.85. The standard InChI is InChI=1S/C9H20N2O/c1-3-11-6-5-10(2)9(8-11)4-7-12/h9,12H,3-8H2,1-2H3. The number of hydrogen-bond acceptors (Lipinski definition) is 3. The van der Waals surface area contributed by atoms with Crippen LogP contribution in [0.1, 0.15) is 13.3 Å². The van der Waals surface area contributed by atoms with E-state index in [-0.39, 0.29) is 0 Å². The van der Waals surface area contributed by atoms with Crippen molar-refractivity contribution in [1.82, 2.24) is 9.80 Å². The minimum absolute atomic E-state index is 0.312. The number of aliphatic hydroxyl groups excluding tert-OH is 1. The van der Waals surface area contributed by atoms with E-state index < -0.39 is 0 Å². The second kappa shape index (κ2) is 4.80. The van der Waals surface area contributed by atoms with Crippen LogP contribution in [0.25, 0.3) is 0 Å². The van der Waals surface area contributed by atoms with Gasteiger partial charge in [-0.2, -0.15) is 0 Å². The van der Waals surface area contributed by atoms with Gasteiger partial charge in [-0.3, -0.25) is 0 Å². The number of rotatable bonds is 3. The Hall–Kier alpha value is -0.120. The molecule has 0 aliphatic carbocycles. The normalized spacial score (nSPS) is 27.8. The fourth-order valence-corrected chi connectivity index (χ4v) is 1.76. The SMILES string of the molecule is CCN1CCN(C)C(CCO)C1. The van der Waals surface area contributed by atoms with E-state index in [0.29, 0.717) is 12.6 Å². The van der Waals surface area contributed by atoms with E-state index in [1.807, 2.05) is 0 Å². The molecule has 0 amide bonds. The number of likely N-dealkylation sites (N-methyl/N-ethyl adjacent to an activating group) is 2. The third-order valence-corrected chi connectivity index (χ3v) is 2.77. The molecule has 0 aromatic carbocycles. The van der Waals surface area contributed by atoms with E-state index in [2.05, 4.69) is 23.8 Å². The topological polar surface area (TPSA) is 26.7 Å². The van der Waals surface area contributed by atoms with Crippen molar-refractivity contribution < 1.29 is 5.11 Å². The molecule has 0 spiro atoms. The molecule has 1 rings (SSSR count). The van der Waals surface area contributed by atoms with Gasteiger partial charge in [-0.15, -0.1) is 0 Å². The third-order valence-electron chi connectivity index (χ3n) is 2.77. The monoisotopic (exact) mass is 172 g/mol. The molecule has 12 heavy (non-hydrogen) atoms. The predicted molar refractivity (Wildman–Crippen MR) is 50.2 cm³/mol. The fourth-order valence-electron chi connectivity index (χ4n) is 1.76. The van der Waals surface area contributed by atoms with Crippen LogP contribution in [0.2, 0.25) is 0 Å². The lowest BCUT2D eigenvalue weighted by molar-refractivity contribution is 0.0819. The van der Waals surface area contributed by atoms with Crippen LogP contribution >= 0.6 is 0 Å². The third kappa shape index (κ3) is 2.44. The van der Waals surface area contributed by atoms with E-state index in [9.17, 15) is 0 Å². The summed E-state index contributed by atoms with van der Waals surface area (Å²) in [5, 5.41) is 8.85. The molecule has 1 aliphatic heterocycles. The van der Waals surface area contributed by atoms with Gasteiger partial charge < -0.3 is 14.9 Å². The lowest BCUT2D eigenvalue weighted by Gasteiger charge is -2.38. The molecule has 0 radical (unpaired) electrons. The second-order valence-corrected chi connectivity index (χ2v) is 3.54. The van der Waals surface area contributed by atoms with E-state index in [1.54, 1.807) is 0 Å². The highest BCUT2D eigenvalue weighted by Gasteiger charge is 2.22. The molecule has 72 valence electrons. The Bertz CT molecular complexity index is 130. The Morgan fingerprint density at radius 1 is 1.42 bits per heavy atom. The Morgan fingerprint density at radius 2 is 2.17 bits per heavy atom. The minimum Gasteiger partial charge on any atom is -0.396 e. The predicted octanol–water partition coefficient (Wildman–Crippen LogP) is 0.00470. The summed E-state index contributed by atoms with van der Waals surface area (Å²) in [4.78, 5) is 4.79. The van der Waals surface area contributed by atoms with Gasteiger partial charge in [-0.05, 0) is 20.0 Å². The summed E-state index contributed by atoms with van der Waals surface area (Å²) in [5.41, 5.74) is 0. The van der Waals surface area contributed by atoms with E-state index in [0.717, 1.165) is 26.1 Å². The average Bonchev–Trinajstić information content (AvgIpc) is 2.09. The molecule has 0 aromatic rings. The van der Waals surface area contributed by atoms with Crippen molar-refractivity contribution in [2.24, 2.45) is 0 Å².